The number of rotatable bonds is 5. The summed E-state index contributed by atoms with van der Waals surface area (Å²) in [5.41, 5.74) is 1.01. The second-order valence-corrected chi connectivity index (χ2v) is 7.44. The SMILES string of the molecule is O=C(COC(=O)C1CC(=O)N(c2ccc(Cl)cc2)C1)Nc1ccc(Cl)cc1Cl. The van der Waals surface area contributed by atoms with E-state index in [0.29, 0.717) is 21.4 Å². The van der Waals surface area contributed by atoms with E-state index in [4.69, 9.17) is 39.5 Å². The Morgan fingerprint density at radius 2 is 1.75 bits per heavy atom. The van der Waals surface area contributed by atoms with Gasteiger partial charge in [0.2, 0.25) is 5.91 Å². The van der Waals surface area contributed by atoms with Gasteiger partial charge in [0.1, 0.15) is 0 Å². The van der Waals surface area contributed by atoms with Crippen LogP contribution in [0.25, 0.3) is 0 Å². The van der Waals surface area contributed by atoms with Gasteiger partial charge in [-0.2, -0.15) is 0 Å². The van der Waals surface area contributed by atoms with Crippen LogP contribution in [0, 0.1) is 5.92 Å². The van der Waals surface area contributed by atoms with Gasteiger partial charge in [-0.3, -0.25) is 14.4 Å². The number of hydrogen-bond acceptors (Lipinski definition) is 4. The Balaban J connectivity index is 1.53. The smallest absolute Gasteiger partial charge is 0.311 e. The Morgan fingerprint density at radius 1 is 1.07 bits per heavy atom. The topological polar surface area (TPSA) is 75.7 Å². The molecule has 1 atom stereocenters. The fourth-order valence-electron chi connectivity index (χ4n) is 2.77. The molecule has 6 nitrogen and oxygen atoms in total. The Labute approximate surface area is 176 Å². The van der Waals surface area contributed by atoms with Crippen LogP contribution in [-0.4, -0.2) is 30.9 Å². The first-order valence-corrected chi connectivity index (χ1v) is 9.44. The highest BCUT2D eigenvalue weighted by molar-refractivity contribution is 6.36. The van der Waals surface area contributed by atoms with Gasteiger partial charge in [-0.05, 0) is 42.5 Å². The molecule has 1 fully saturated rings. The molecule has 3 rings (SSSR count). The molecular formula is C19H15Cl3N2O4. The molecule has 1 aliphatic heterocycles. The fourth-order valence-corrected chi connectivity index (χ4v) is 3.35. The molecule has 2 aromatic carbocycles. The summed E-state index contributed by atoms with van der Waals surface area (Å²) in [4.78, 5) is 37.9. The predicted octanol–water partition coefficient (Wildman–Crippen LogP) is 4.18. The largest absolute Gasteiger partial charge is 0.455 e. The maximum atomic E-state index is 12.2. The molecule has 1 aliphatic rings. The maximum Gasteiger partial charge on any atom is 0.311 e. The second-order valence-electron chi connectivity index (χ2n) is 6.16. The van der Waals surface area contributed by atoms with Crippen LogP contribution in [0.5, 0.6) is 0 Å². The second kappa shape index (κ2) is 8.82. The van der Waals surface area contributed by atoms with Gasteiger partial charge in [-0.25, -0.2) is 0 Å². The summed E-state index contributed by atoms with van der Waals surface area (Å²) in [6.45, 7) is -0.298. The lowest BCUT2D eigenvalue weighted by atomic mass is 10.1. The van der Waals surface area contributed by atoms with Crippen LogP contribution in [0.4, 0.5) is 11.4 Å². The number of esters is 1. The van der Waals surface area contributed by atoms with Gasteiger partial charge >= 0.3 is 5.97 Å². The van der Waals surface area contributed by atoms with Gasteiger partial charge in [0.15, 0.2) is 6.61 Å². The molecule has 1 heterocycles. The molecule has 0 bridgehead atoms. The third-order valence-electron chi connectivity index (χ3n) is 4.15. The minimum atomic E-state index is -0.643. The first kappa shape index (κ1) is 20.5. The zero-order valence-electron chi connectivity index (χ0n) is 14.5. The molecule has 0 radical (unpaired) electrons. The Morgan fingerprint density at radius 3 is 2.43 bits per heavy atom. The third-order valence-corrected chi connectivity index (χ3v) is 4.95. The average molecular weight is 442 g/mol. The minimum absolute atomic E-state index is 0.0199. The number of amides is 2. The molecule has 28 heavy (non-hydrogen) atoms. The molecule has 0 aliphatic carbocycles. The van der Waals surface area contributed by atoms with Crippen LogP contribution in [0.15, 0.2) is 42.5 Å². The van der Waals surface area contributed by atoms with E-state index in [1.54, 1.807) is 36.4 Å². The van der Waals surface area contributed by atoms with Crippen molar-refractivity contribution in [2.24, 2.45) is 5.92 Å². The first-order chi connectivity index (χ1) is 13.3. The van der Waals surface area contributed by atoms with Crippen molar-refractivity contribution in [3.05, 3.63) is 57.5 Å². The number of halogens is 3. The minimum Gasteiger partial charge on any atom is -0.455 e. The molecule has 2 amide bonds. The molecule has 1 unspecified atom stereocenters. The zero-order chi connectivity index (χ0) is 20.3. The number of carbonyl (C=O) groups excluding carboxylic acids is 3. The summed E-state index contributed by atoms with van der Waals surface area (Å²) < 4.78 is 5.06. The quantitative estimate of drug-likeness (QED) is 0.706. The Hall–Kier alpha value is -2.28. The van der Waals surface area contributed by atoms with Gasteiger partial charge in [0.05, 0.1) is 16.6 Å². The number of nitrogens with zero attached hydrogens (tertiary/aromatic N) is 1. The van der Waals surface area contributed by atoms with Crippen LogP contribution in [0.1, 0.15) is 6.42 Å². The fraction of sp³-hybridized carbons (Fsp3) is 0.211. The number of nitrogens with one attached hydrogen (secondary N) is 1. The standard InChI is InChI=1S/C19H15Cl3N2O4/c20-12-1-4-14(5-2-12)24-9-11(7-18(24)26)19(27)28-10-17(25)23-16-6-3-13(21)8-15(16)22/h1-6,8,11H,7,9-10H2,(H,23,25). The lowest BCUT2D eigenvalue weighted by Gasteiger charge is -2.16. The van der Waals surface area contributed by atoms with Crippen molar-refractivity contribution in [1.82, 2.24) is 0 Å². The van der Waals surface area contributed by atoms with Gasteiger partial charge in [-0.1, -0.05) is 34.8 Å². The number of ether oxygens (including phenoxy) is 1. The van der Waals surface area contributed by atoms with Crippen LogP contribution in [-0.2, 0) is 19.1 Å². The van der Waals surface area contributed by atoms with Crippen molar-refractivity contribution in [2.75, 3.05) is 23.4 Å². The molecule has 2 aromatic rings. The monoisotopic (exact) mass is 440 g/mol. The van der Waals surface area contributed by atoms with Crippen molar-refractivity contribution < 1.29 is 19.1 Å². The van der Waals surface area contributed by atoms with Crippen LogP contribution in [0.3, 0.4) is 0 Å². The van der Waals surface area contributed by atoms with E-state index in [0.717, 1.165) is 0 Å². The Bertz CT molecular complexity index is 918. The van der Waals surface area contributed by atoms with Crippen LogP contribution in [0.2, 0.25) is 15.1 Å². The van der Waals surface area contributed by atoms with E-state index in [1.165, 1.54) is 11.0 Å². The summed E-state index contributed by atoms with van der Waals surface area (Å²) >= 11 is 17.6. The van der Waals surface area contributed by atoms with Gasteiger partial charge in [0, 0.05) is 28.7 Å². The normalized spacial score (nSPS) is 16.2. The van der Waals surface area contributed by atoms with E-state index in [1.807, 2.05) is 0 Å². The first-order valence-electron chi connectivity index (χ1n) is 8.31. The molecule has 0 aromatic heterocycles. The zero-order valence-corrected chi connectivity index (χ0v) is 16.7. The summed E-state index contributed by atoms with van der Waals surface area (Å²) in [5.74, 6) is -1.99. The average Bonchev–Trinajstić information content (AvgIpc) is 3.04. The van der Waals surface area contributed by atoms with E-state index in [9.17, 15) is 14.4 Å². The summed E-state index contributed by atoms with van der Waals surface area (Å²) in [5, 5.41) is 3.80. The molecule has 146 valence electrons. The predicted molar refractivity (Wildman–Crippen MR) is 108 cm³/mol. The van der Waals surface area contributed by atoms with Crippen molar-refractivity contribution in [3.8, 4) is 0 Å². The third kappa shape index (κ3) is 4.95. The van der Waals surface area contributed by atoms with Crippen molar-refractivity contribution in [2.45, 2.75) is 6.42 Å². The summed E-state index contributed by atoms with van der Waals surface area (Å²) in [6, 6.07) is 11.4. The van der Waals surface area contributed by atoms with Crippen molar-refractivity contribution >= 4 is 64.0 Å². The molecule has 1 N–H and O–H groups in total. The number of carbonyl (C=O) groups is 3. The molecular weight excluding hydrogens is 427 g/mol. The molecule has 1 saturated heterocycles. The summed E-state index contributed by atoms with van der Waals surface area (Å²) in [6.07, 6.45) is 0.0199. The van der Waals surface area contributed by atoms with Crippen molar-refractivity contribution in [1.29, 1.82) is 0 Å². The Kier molecular flexibility index (Phi) is 6.44. The van der Waals surface area contributed by atoms with E-state index in [-0.39, 0.29) is 23.9 Å². The van der Waals surface area contributed by atoms with E-state index >= 15 is 0 Å². The number of anilines is 2. The highest BCUT2D eigenvalue weighted by atomic mass is 35.5. The molecule has 0 saturated carbocycles. The number of hydrogen-bond donors (Lipinski definition) is 1. The van der Waals surface area contributed by atoms with Crippen LogP contribution < -0.4 is 10.2 Å². The lowest BCUT2D eigenvalue weighted by Crippen LogP contribution is -2.28. The van der Waals surface area contributed by atoms with Gasteiger partial charge < -0.3 is 15.0 Å². The van der Waals surface area contributed by atoms with E-state index < -0.39 is 24.4 Å². The molecule has 9 heteroatoms. The van der Waals surface area contributed by atoms with Crippen molar-refractivity contribution in [3.63, 3.8) is 0 Å². The number of benzene rings is 2. The highest BCUT2D eigenvalue weighted by Crippen LogP contribution is 2.27. The highest BCUT2D eigenvalue weighted by Gasteiger charge is 2.36. The molecule has 0 spiro atoms. The van der Waals surface area contributed by atoms with Gasteiger partial charge in [0.25, 0.3) is 5.91 Å². The lowest BCUT2D eigenvalue weighted by molar-refractivity contribution is -0.151. The summed E-state index contributed by atoms with van der Waals surface area (Å²) in [7, 11) is 0. The van der Waals surface area contributed by atoms with E-state index in [2.05, 4.69) is 5.32 Å². The van der Waals surface area contributed by atoms with Crippen LogP contribution >= 0.6 is 34.8 Å². The maximum absolute atomic E-state index is 12.2. The van der Waals surface area contributed by atoms with Gasteiger partial charge in [-0.15, -0.1) is 0 Å².